The number of rotatable bonds is 4. The first-order chi connectivity index (χ1) is 16.8. The molecule has 0 N–H and O–H groups in total. The molecule has 11 heteroatoms. The lowest BCUT2D eigenvalue weighted by Crippen LogP contribution is -2.44. The van der Waals surface area contributed by atoms with E-state index < -0.39 is 28.2 Å². The zero-order valence-electron chi connectivity index (χ0n) is 21.2. The zero-order chi connectivity index (χ0) is 26.4. The maximum Gasteiger partial charge on any atom is 0.435 e. The van der Waals surface area contributed by atoms with Gasteiger partial charge in [-0.25, -0.2) is 9.59 Å². The van der Waals surface area contributed by atoms with Gasteiger partial charge in [-0.2, -0.15) is 9.78 Å². The van der Waals surface area contributed by atoms with Gasteiger partial charge in [-0.05, 0) is 59.1 Å². The number of amides is 1. The van der Waals surface area contributed by atoms with Crippen LogP contribution in [0, 0.1) is 10.1 Å². The van der Waals surface area contributed by atoms with Gasteiger partial charge in [-0.1, -0.05) is 0 Å². The van der Waals surface area contributed by atoms with Gasteiger partial charge >= 0.3 is 12.2 Å². The minimum Gasteiger partial charge on any atom is -0.448 e. The van der Waals surface area contributed by atoms with Crippen LogP contribution in [0.4, 0.5) is 15.3 Å². The summed E-state index contributed by atoms with van der Waals surface area (Å²) in [5.41, 5.74) is 0.887. The van der Waals surface area contributed by atoms with Crippen molar-refractivity contribution < 1.29 is 24.0 Å². The summed E-state index contributed by atoms with van der Waals surface area (Å²) in [5, 5.41) is 17.2. The quantitative estimate of drug-likeness (QED) is 0.368. The average Bonchev–Trinajstić information content (AvgIpc) is 3.28. The first-order valence-electron chi connectivity index (χ1n) is 11.6. The van der Waals surface area contributed by atoms with Gasteiger partial charge in [0.15, 0.2) is 0 Å². The Labute approximate surface area is 208 Å². The number of aromatic nitrogens is 3. The fourth-order valence-electron chi connectivity index (χ4n) is 4.48. The lowest BCUT2D eigenvalue weighted by molar-refractivity contribution is -0.384. The van der Waals surface area contributed by atoms with Crippen LogP contribution >= 0.6 is 0 Å². The first kappa shape index (κ1) is 25.1. The minimum absolute atomic E-state index is 0.0121. The number of nitrogens with zero attached hydrogens (tertiary/aromatic N) is 5. The highest BCUT2D eigenvalue weighted by atomic mass is 16.6. The molecule has 0 aliphatic carbocycles. The van der Waals surface area contributed by atoms with Gasteiger partial charge in [0.2, 0.25) is 0 Å². The van der Waals surface area contributed by atoms with Crippen LogP contribution in [0.15, 0.2) is 30.5 Å². The fourth-order valence-corrected chi connectivity index (χ4v) is 4.48. The van der Waals surface area contributed by atoms with E-state index in [1.165, 1.54) is 16.8 Å². The highest BCUT2D eigenvalue weighted by molar-refractivity contribution is 5.86. The summed E-state index contributed by atoms with van der Waals surface area (Å²) in [6.07, 6.45) is 0.699. The van der Waals surface area contributed by atoms with Gasteiger partial charge in [0, 0.05) is 35.7 Å². The molecule has 0 unspecified atom stereocenters. The molecule has 0 fully saturated rings. The number of pyridine rings is 1. The Morgan fingerprint density at radius 2 is 1.89 bits per heavy atom. The van der Waals surface area contributed by atoms with Crippen molar-refractivity contribution in [2.24, 2.45) is 0 Å². The zero-order valence-corrected chi connectivity index (χ0v) is 21.2. The Bertz CT molecular complexity index is 1370. The lowest BCUT2D eigenvalue weighted by atomic mass is 9.98. The van der Waals surface area contributed by atoms with Crippen LogP contribution in [0.5, 0.6) is 0 Å². The van der Waals surface area contributed by atoms with Crippen molar-refractivity contribution in [2.75, 3.05) is 6.61 Å². The molecule has 0 radical (unpaired) electrons. The van der Waals surface area contributed by atoms with Gasteiger partial charge in [0.05, 0.1) is 40.7 Å². The Morgan fingerprint density at radius 1 is 1.17 bits per heavy atom. The molecule has 11 nitrogen and oxygen atoms in total. The molecule has 190 valence electrons. The van der Waals surface area contributed by atoms with Crippen LogP contribution in [-0.4, -0.2) is 49.0 Å². The third-order valence-corrected chi connectivity index (χ3v) is 6.07. The third kappa shape index (κ3) is 4.48. The summed E-state index contributed by atoms with van der Waals surface area (Å²) < 4.78 is 12.1. The van der Waals surface area contributed by atoms with E-state index in [-0.39, 0.29) is 25.3 Å². The Kier molecular flexibility index (Phi) is 6.19. The summed E-state index contributed by atoms with van der Waals surface area (Å²) >= 11 is 0. The van der Waals surface area contributed by atoms with Gasteiger partial charge in [-0.3, -0.25) is 20.0 Å². The highest BCUT2D eigenvalue weighted by Gasteiger charge is 2.48. The number of non-ortho nitro benzene ring substituents is 1. The predicted octanol–water partition coefficient (Wildman–Crippen LogP) is 4.92. The number of nitro groups is 1. The van der Waals surface area contributed by atoms with E-state index in [0.29, 0.717) is 22.5 Å². The summed E-state index contributed by atoms with van der Waals surface area (Å²) in [6.45, 7) is 11.1. The smallest absolute Gasteiger partial charge is 0.435 e. The van der Waals surface area contributed by atoms with E-state index in [2.05, 4.69) is 10.1 Å². The van der Waals surface area contributed by atoms with Crippen LogP contribution in [0.1, 0.15) is 64.2 Å². The largest absolute Gasteiger partial charge is 0.448 e. The molecular weight excluding hydrogens is 466 g/mol. The molecule has 4 rings (SSSR count). The molecule has 0 saturated carbocycles. The molecule has 2 aromatic heterocycles. The third-order valence-electron chi connectivity index (χ3n) is 6.07. The molecule has 1 aliphatic heterocycles. The number of hydrogen-bond donors (Lipinski definition) is 0. The molecule has 0 atom stereocenters. The highest BCUT2D eigenvalue weighted by Crippen LogP contribution is 2.42. The number of carbonyl (C=O) groups is 2. The van der Waals surface area contributed by atoms with E-state index >= 15 is 0 Å². The van der Waals surface area contributed by atoms with Crippen LogP contribution in [-0.2, 0) is 28.0 Å². The maximum atomic E-state index is 13.1. The van der Waals surface area contributed by atoms with Crippen molar-refractivity contribution in [3.05, 3.63) is 63.2 Å². The maximum absolute atomic E-state index is 13.1. The number of benzene rings is 1. The molecule has 0 spiro atoms. The number of hydrogen-bond acceptors (Lipinski definition) is 8. The van der Waals surface area contributed by atoms with Crippen LogP contribution in [0.25, 0.3) is 10.8 Å². The predicted molar refractivity (Wildman–Crippen MR) is 131 cm³/mol. The number of ether oxygens (including phenoxy) is 2. The van der Waals surface area contributed by atoms with E-state index in [4.69, 9.17) is 9.47 Å². The molecule has 0 bridgehead atoms. The second kappa shape index (κ2) is 8.89. The molecule has 1 aliphatic rings. The second-order valence-corrected chi connectivity index (χ2v) is 10.1. The molecule has 1 amide bonds. The SMILES string of the molecule is CCOC(=O)n1nc(Cc2nccc3cc([N+](=O)[O-])ccc23)c2c1C(C)(C)N(C(=O)OC(C)(C)C)C2. The molecule has 3 heterocycles. The van der Waals surface area contributed by atoms with E-state index in [1.807, 2.05) is 13.8 Å². The number of nitro benzene ring substituents is 1. The normalized spacial score (nSPS) is 14.6. The monoisotopic (exact) mass is 495 g/mol. The molecule has 1 aromatic carbocycles. The van der Waals surface area contributed by atoms with Gasteiger partial charge < -0.3 is 9.47 Å². The van der Waals surface area contributed by atoms with Gasteiger partial charge in [-0.15, -0.1) is 0 Å². The summed E-state index contributed by atoms with van der Waals surface area (Å²) in [5.74, 6) is 0. The average molecular weight is 496 g/mol. The van der Waals surface area contributed by atoms with Crippen molar-refractivity contribution in [3.63, 3.8) is 0 Å². The summed E-state index contributed by atoms with van der Waals surface area (Å²) in [7, 11) is 0. The topological polar surface area (TPSA) is 130 Å². The van der Waals surface area contributed by atoms with Gasteiger partial charge in [0.1, 0.15) is 5.60 Å². The molecule has 36 heavy (non-hydrogen) atoms. The van der Waals surface area contributed by atoms with E-state index in [9.17, 15) is 19.7 Å². The van der Waals surface area contributed by atoms with Crippen molar-refractivity contribution in [3.8, 4) is 0 Å². The van der Waals surface area contributed by atoms with E-state index in [1.54, 1.807) is 50.9 Å². The Morgan fingerprint density at radius 3 is 2.53 bits per heavy atom. The van der Waals surface area contributed by atoms with Crippen molar-refractivity contribution in [1.29, 1.82) is 0 Å². The summed E-state index contributed by atoms with van der Waals surface area (Å²) in [6, 6.07) is 6.30. The first-order valence-corrected chi connectivity index (χ1v) is 11.6. The molecule has 3 aromatic rings. The fraction of sp³-hybridized carbons (Fsp3) is 0.440. The number of carbonyl (C=O) groups excluding carboxylic acids is 2. The number of fused-ring (bicyclic) bond motifs is 2. The van der Waals surface area contributed by atoms with Crippen molar-refractivity contribution >= 4 is 28.6 Å². The molecular formula is C25H29N5O6. The second-order valence-electron chi connectivity index (χ2n) is 10.1. The van der Waals surface area contributed by atoms with Gasteiger partial charge in [0.25, 0.3) is 5.69 Å². The Hall–Kier alpha value is -4.02. The van der Waals surface area contributed by atoms with Crippen molar-refractivity contribution in [1.82, 2.24) is 19.7 Å². The standard InChI is InChI=1S/C25H29N5O6/c1-7-35-23(32)29-21-18(14-28(25(21,5)6)22(31)36-24(2,3)4)20(27-29)13-19-17-9-8-16(30(33)34)12-15(17)10-11-26-19/h8-12H,7,13-14H2,1-6H3. The van der Waals surface area contributed by atoms with Crippen LogP contribution < -0.4 is 0 Å². The Balaban J connectivity index is 1.79. The summed E-state index contributed by atoms with van der Waals surface area (Å²) in [4.78, 5) is 42.7. The minimum atomic E-state index is -0.900. The van der Waals surface area contributed by atoms with Crippen molar-refractivity contribution in [2.45, 2.75) is 65.6 Å². The molecule has 0 saturated heterocycles. The van der Waals surface area contributed by atoms with Crippen LogP contribution in [0.3, 0.4) is 0 Å². The lowest BCUT2D eigenvalue weighted by Gasteiger charge is -2.34. The van der Waals surface area contributed by atoms with E-state index in [0.717, 1.165) is 10.9 Å². The van der Waals surface area contributed by atoms with Crippen LogP contribution in [0.2, 0.25) is 0 Å².